The molecule has 1 N–H and O–H groups in total. The molecule has 1 aliphatic rings. The van der Waals surface area contributed by atoms with E-state index in [0.717, 1.165) is 24.0 Å². The van der Waals surface area contributed by atoms with Crippen LogP contribution in [0.1, 0.15) is 47.3 Å². The van der Waals surface area contributed by atoms with Crippen molar-refractivity contribution in [3.63, 3.8) is 0 Å². The van der Waals surface area contributed by atoms with Crippen LogP contribution in [0.2, 0.25) is 0 Å². The Morgan fingerprint density at radius 2 is 1.82 bits per heavy atom. The molecule has 4 aromatic rings. The molecule has 0 radical (unpaired) electrons. The van der Waals surface area contributed by atoms with Gasteiger partial charge in [0, 0.05) is 37.1 Å². The van der Waals surface area contributed by atoms with Crippen molar-refractivity contribution in [1.82, 2.24) is 19.7 Å². The Hall–Kier alpha value is -4.53. The number of nitrogens with one attached hydrogen (secondary N) is 1. The fraction of sp³-hybridized carbons (Fsp3) is 0.267. The molecule has 9 heteroatoms. The Morgan fingerprint density at radius 3 is 2.56 bits per heavy atom. The standard InChI is InChI=1S/C30H30FN5O3/c1-21(39-28-10-2-3-13-32-28)29(37)34-26-19-33-36(20-26)27-11-14-35(15-12-27)30(38)24-8-4-6-22(17-24)16-23-7-5-9-25(31)18-23/h2-10,13,17-21,27H,11-12,14-16H2,1H3,(H,34,37). The van der Waals surface area contributed by atoms with Crippen LogP contribution in [0, 0.1) is 5.82 Å². The topological polar surface area (TPSA) is 89.3 Å². The number of carbonyl (C=O) groups excluding carboxylic acids is 2. The van der Waals surface area contributed by atoms with E-state index in [2.05, 4.69) is 15.4 Å². The highest BCUT2D eigenvalue weighted by atomic mass is 19.1. The largest absolute Gasteiger partial charge is 0.465 e. The van der Waals surface area contributed by atoms with Crippen molar-refractivity contribution in [2.24, 2.45) is 0 Å². The number of hydrogen-bond acceptors (Lipinski definition) is 5. The van der Waals surface area contributed by atoms with Gasteiger partial charge in [-0.25, -0.2) is 9.37 Å². The minimum Gasteiger partial charge on any atom is -0.465 e. The van der Waals surface area contributed by atoms with Gasteiger partial charge in [-0.15, -0.1) is 0 Å². The highest BCUT2D eigenvalue weighted by Gasteiger charge is 2.26. The zero-order chi connectivity index (χ0) is 27.2. The first kappa shape index (κ1) is 26.1. The van der Waals surface area contributed by atoms with Crippen LogP contribution in [0.25, 0.3) is 0 Å². The van der Waals surface area contributed by atoms with E-state index in [1.54, 1.807) is 43.6 Å². The molecule has 2 aromatic heterocycles. The Bertz CT molecular complexity index is 1430. The van der Waals surface area contributed by atoms with Gasteiger partial charge in [0.1, 0.15) is 5.82 Å². The van der Waals surface area contributed by atoms with Crippen molar-refractivity contribution < 1.29 is 18.7 Å². The molecule has 1 aliphatic heterocycles. The quantitative estimate of drug-likeness (QED) is 0.352. The third-order valence-electron chi connectivity index (χ3n) is 6.77. The zero-order valence-electron chi connectivity index (χ0n) is 21.7. The Morgan fingerprint density at radius 1 is 1.05 bits per heavy atom. The predicted molar refractivity (Wildman–Crippen MR) is 145 cm³/mol. The van der Waals surface area contributed by atoms with E-state index >= 15 is 0 Å². The highest BCUT2D eigenvalue weighted by Crippen LogP contribution is 2.25. The van der Waals surface area contributed by atoms with E-state index in [1.165, 1.54) is 12.1 Å². The maximum absolute atomic E-state index is 13.5. The van der Waals surface area contributed by atoms with Crippen LogP contribution in [0.3, 0.4) is 0 Å². The van der Waals surface area contributed by atoms with Gasteiger partial charge in [-0.3, -0.25) is 14.3 Å². The summed E-state index contributed by atoms with van der Waals surface area (Å²) in [5.41, 5.74) is 3.05. The number of amides is 2. The first-order valence-corrected chi connectivity index (χ1v) is 13.0. The molecule has 2 aromatic carbocycles. The van der Waals surface area contributed by atoms with Crippen molar-refractivity contribution >= 4 is 17.5 Å². The lowest BCUT2D eigenvalue weighted by Gasteiger charge is -2.32. The number of piperidine rings is 1. The van der Waals surface area contributed by atoms with Crippen LogP contribution < -0.4 is 10.1 Å². The molecule has 0 bridgehead atoms. The van der Waals surface area contributed by atoms with Crippen molar-refractivity contribution in [3.8, 4) is 5.88 Å². The molecule has 200 valence electrons. The van der Waals surface area contributed by atoms with Gasteiger partial charge in [-0.2, -0.15) is 5.10 Å². The van der Waals surface area contributed by atoms with Crippen LogP contribution in [0.4, 0.5) is 10.1 Å². The van der Waals surface area contributed by atoms with Crippen LogP contribution in [-0.4, -0.2) is 50.7 Å². The summed E-state index contributed by atoms with van der Waals surface area (Å²) in [6.45, 7) is 2.88. The molecule has 3 heterocycles. The van der Waals surface area contributed by atoms with E-state index in [0.29, 0.717) is 36.6 Å². The minimum absolute atomic E-state index is 0.00939. The van der Waals surface area contributed by atoms with Gasteiger partial charge < -0.3 is 15.0 Å². The molecule has 1 unspecified atom stereocenters. The summed E-state index contributed by atoms with van der Waals surface area (Å²) in [5, 5.41) is 7.28. The van der Waals surface area contributed by atoms with Crippen molar-refractivity contribution in [2.45, 2.75) is 38.3 Å². The summed E-state index contributed by atoms with van der Waals surface area (Å²) < 4.78 is 21.0. The molecule has 39 heavy (non-hydrogen) atoms. The second kappa shape index (κ2) is 11.9. The normalized spacial score (nSPS) is 14.6. The zero-order valence-corrected chi connectivity index (χ0v) is 21.7. The SMILES string of the molecule is CC(Oc1ccccn1)C(=O)Nc1cnn(C2CCN(C(=O)c3cccc(Cc4cccc(F)c4)c3)CC2)c1. The molecule has 1 atom stereocenters. The van der Waals surface area contributed by atoms with Gasteiger partial charge in [0.2, 0.25) is 5.88 Å². The molecule has 1 fully saturated rings. The third kappa shape index (κ3) is 6.67. The fourth-order valence-electron chi connectivity index (χ4n) is 4.71. The van der Waals surface area contributed by atoms with Crippen molar-refractivity contribution in [1.29, 1.82) is 0 Å². The van der Waals surface area contributed by atoms with E-state index in [4.69, 9.17) is 4.74 Å². The Labute approximate surface area is 226 Å². The third-order valence-corrected chi connectivity index (χ3v) is 6.77. The van der Waals surface area contributed by atoms with Crippen LogP contribution in [0.5, 0.6) is 5.88 Å². The summed E-state index contributed by atoms with van der Waals surface area (Å²) in [7, 11) is 0. The van der Waals surface area contributed by atoms with E-state index < -0.39 is 6.10 Å². The summed E-state index contributed by atoms with van der Waals surface area (Å²) in [6.07, 6.45) is 6.38. The van der Waals surface area contributed by atoms with Gasteiger partial charge in [0.25, 0.3) is 11.8 Å². The number of nitrogens with zero attached hydrogens (tertiary/aromatic N) is 4. The number of aromatic nitrogens is 3. The lowest BCUT2D eigenvalue weighted by Crippen LogP contribution is -2.39. The first-order valence-electron chi connectivity index (χ1n) is 13.0. The molecular weight excluding hydrogens is 497 g/mol. The van der Waals surface area contributed by atoms with Crippen LogP contribution >= 0.6 is 0 Å². The smallest absolute Gasteiger partial charge is 0.265 e. The van der Waals surface area contributed by atoms with Crippen LogP contribution in [-0.2, 0) is 11.2 Å². The van der Waals surface area contributed by atoms with Gasteiger partial charge in [-0.1, -0.05) is 30.3 Å². The molecule has 0 saturated carbocycles. The van der Waals surface area contributed by atoms with Crippen LogP contribution in [0.15, 0.2) is 85.3 Å². The maximum Gasteiger partial charge on any atom is 0.265 e. The number of anilines is 1. The van der Waals surface area contributed by atoms with Gasteiger partial charge in [0.15, 0.2) is 6.10 Å². The monoisotopic (exact) mass is 527 g/mol. The summed E-state index contributed by atoms with van der Waals surface area (Å²) >= 11 is 0. The maximum atomic E-state index is 13.5. The highest BCUT2D eigenvalue weighted by molar-refractivity contribution is 5.94. The van der Waals surface area contributed by atoms with Gasteiger partial charge >= 0.3 is 0 Å². The summed E-state index contributed by atoms with van der Waals surface area (Å²) in [5.74, 6) is -0.181. The Balaban J connectivity index is 1.13. The fourth-order valence-corrected chi connectivity index (χ4v) is 4.71. The predicted octanol–water partition coefficient (Wildman–Crippen LogP) is 4.89. The Kier molecular flexibility index (Phi) is 7.96. The molecule has 2 amide bonds. The van der Waals surface area contributed by atoms with Crippen molar-refractivity contribution in [3.05, 3.63) is 108 Å². The molecular formula is C30H30FN5O3. The number of hydrogen-bond donors (Lipinski definition) is 1. The number of carbonyl (C=O) groups is 2. The van der Waals surface area contributed by atoms with E-state index in [9.17, 15) is 14.0 Å². The number of halogens is 1. The summed E-state index contributed by atoms with van der Waals surface area (Å²) in [6, 6.07) is 19.4. The minimum atomic E-state index is -0.718. The van der Waals surface area contributed by atoms with E-state index in [-0.39, 0.29) is 23.7 Å². The number of pyridine rings is 1. The number of rotatable bonds is 8. The summed E-state index contributed by atoms with van der Waals surface area (Å²) in [4.78, 5) is 31.7. The number of likely N-dealkylation sites (tertiary alicyclic amines) is 1. The molecule has 5 rings (SSSR count). The lowest BCUT2D eigenvalue weighted by atomic mass is 10.0. The number of ether oxygens (including phenoxy) is 1. The average Bonchev–Trinajstić information content (AvgIpc) is 3.42. The molecule has 0 spiro atoms. The lowest BCUT2D eigenvalue weighted by molar-refractivity contribution is -0.122. The van der Waals surface area contributed by atoms with Crippen molar-refractivity contribution in [2.75, 3.05) is 18.4 Å². The first-order chi connectivity index (χ1) is 18.9. The average molecular weight is 528 g/mol. The molecule has 1 saturated heterocycles. The second-order valence-corrected chi connectivity index (χ2v) is 9.66. The number of benzene rings is 2. The molecule has 8 nitrogen and oxygen atoms in total. The van der Waals surface area contributed by atoms with Gasteiger partial charge in [0.05, 0.1) is 17.9 Å². The molecule has 0 aliphatic carbocycles. The van der Waals surface area contributed by atoms with Gasteiger partial charge in [-0.05, 0) is 67.6 Å². The second-order valence-electron chi connectivity index (χ2n) is 9.66. The van der Waals surface area contributed by atoms with E-state index in [1.807, 2.05) is 46.1 Å².